The Labute approximate surface area is 94.3 Å². The molecule has 3 heteroatoms. The summed E-state index contributed by atoms with van der Waals surface area (Å²) in [5.41, 5.74) is 1.84. The molecule has 16 heavy (non-hydrogen) atoms. The molecule has 1 fully saturated rings. The third kappa shape index (κ3) is 2.40. The van der Waals surface area contributed by atoms with Gasteiger partial charge in [-0.2, -0.15) is 5.26 Å². The summed E-state index contributed by atoms with van der Waals surface area (Å²) in [4.78, 5) is 10.6. The Bertz CT molecular complexity index is 430. The van der Waals surface area contributed by atoms with Crippen molar-refractivity contribution in [1.29, 1.82) is 5.26 Å². The van der Waals surface area contributed by atoms with Crippen LogP contribution in [0.15, 0.2) is 24.3 Å². The van der Waals surface area contributed by atoms with Gasteiger partial charge in [0.25, 0.3) is 0 Å². The fourth-order valence-electron chi connectivity index (χ4n) is 1.97. The van der Waals surface area contributed by atoms with Crippen LogP contribution in [-0.2, 0) is 11.2 Å². The summed E-state index contributed by atoms with van der Waals surface area (Å²) >= 11 is 0. The van der Waals surface area contributed by atoms with E-state index in [1.807, 2.05) is 12.1 Å². The van der Waals surface area contributed by atoms with Gasteiger partial charge in [0.2, 0.25) is 0 Å². The van der Waals surface area contributed by atoms with Crippen LogP contribution in [0, 0.1) is 23.2 Å². The highest BCUT2D eigenvalue weighted by Crippen LogP contribution is 2.41. The summed E-state index contributed by atoms with van der Waals surface area (Å²) in [6.07, 6.45) is 2.66. The third-order valence-electron chi connectivity index (χ3n) is 3.13. The first-order valence-corrected chi connectivity index (χ1v) is 5.42. The molecular weight excluding hydrogens is 202 g/mol. The van der Waals surface area contributed by atoms with Crippen LogP contribution in [0.1, 0.15) is 24.0 Å². The molecule has 3 nitrogen and oxygen atoms in total. The van der Waals surface area contributed by atoms with Crippen LogP contribution in [0.3, 0.4) is 0 Å². The minimum atomic E-state index is -0.662. The highest BCUT2D eigenvalue weighted by atomic mass is 16.4. The Hall–Kier alpha value is -1.82. The quantitative estimate of drug-likeness (QED) is 0.837. The molecular formula is C13H13NO2. The molecule has 2 unspecified atom stereocenters. The summed E-state index contributed by atoms with van der Waals surface area (Å²) < 4.78 is 0. The predicted molar refractivity (Wildman–Crippen MR) is 58.7 cm³/mol. The maximum Gasteiger partial charge on any atom is 0.306 e. The molecule has 0 aliphatic heterocycles. The van der Waals surface area contributed by atoms with E-state index in [-0.39, 0.29) is 5.92 Å². The minimum absolute atomic E-state index is 0.113. The number of hydrogen-bond donors (Lipinski definition) is 1. The van der Waals surface area contributed by atoms with E-state index < -0.39 is 5.97 Å². The first-order valence-electron chi connectivity index (χ1n) is 5.42. The summed E-state index contributed by atoms with van der Waals surface area (Å²) in [5.74, 6) is -0.420. The zero-order valence-corrected chi connectivity index (χ0v) is 8.89. The maximum atomic E-state index is 10.6. The monoisotopic (exact) mass is 215 g/mol. The van der Waals surface area contributed by atoms with Crippen molar-refractivity contribution in [3.05, 3.63) is 35.4 Å². The Balaban J connectivity index is 1.82. The van der Waals surface area contributed by atoms with E-state index in [0.717, 1.165) is 19.3 Å². The van der Waals surface area contributed by atoms with Gasteiger partial charge in [-0.05, 0) is 42.9 Å². The second-order valence-corrected chi connectivity index (χ2v) is 4.29. The average Bonchev–Trinajstić information content (AvgIpc) is 3.06. The van der Waals surface area contributed by atoms with Crippen LogP contribution < -0.4 is 0 Å². The van der Waals surface area contributed by atoms with E-state index in [1.54, 1.807) is 12.1 Å². The lowest BCUT2D eigenvalue weighted by atomic mass is 10.1. The molecule has 1 N–H and O–H groups in total. The number of carboxylic acid groups (broad SMARTS) is 1. The molecule has 1 saturated carbocycles. The maximum absolute atomic E-state index is 10.6. The fraction of sp³-hybridized carbons (Fsp3) is 0.385. The van der Waals surface area contributed by atoms with Gasteiger partial charge >= 0.3 is 5.97 Å². The Morgan fingerprint density at radius 3 is 2.62 bits per heavy atom. The van der Waals surface area contributed by atoms with E-state index >= 15 is 0 Å². The number of carbonyl (C=O) groups is 1. The van der Waals surface area contributed by atoms with Gasteiger partial charge in [-0.15, -0.1) is 0 Å². The zero-order valence-electron chi connectivity index (χ0n) is 8.89. The first-order chi connectivity index (χ1) is 7.70. The van der Waals surface area contributed by atoms with Crippen LogP contribution in [0.2, 0.25) is 0 Å². The smallest absolute Gasteiger partial charge is 0.306 e. The molecule has 82 valence electrons. The molecule has 0 spiro atoms. The molecule has 1 aromatic carbocycles. The molecule has 0 aromatic heterocycles. The van der Waals surface area contributed by atoms with Crippen LogP contribution in [0.5, 0.6) is 0 Å². The standard InChI is InChI=1S/C13H13NO2/c14-8-10-3-1-9(2-4-10)5-6-11-7-12(11)13(15)16/h1-4,11-12H,5-7H2,(H,15,16). The van der Waals surface area contributed by atoms with E-state index in [9.17, 15) is 4.79 Å². The summed E-state index contributed by atoms with van der Waals surface area (Å²) in [5, 5.41) is 17.4. The highest BCUT2D eigenvalue weighted by molar-refractivity contribution is 5.73. The lowest BCUT2D eigenvalue weighted by Crippen LogP contribution is -2.00. The molecule has 2 atom stereocenters. The minimum Gasteiger partial charge on any atom is -0.481 e. The number of rotatable bonds is 4. The van der Waals surface area contributed by atoms with Gasteiger partial charge in [-0.1, -0.05) is 12.1 Å². The number of benzene rings is 1. The van der Waals surface area contributed by atoms with Crippen molar-refractivity contribution in [2.75, 3.05) is 0 Å². The fourth-order valence-corrected chi connectivity index (χ4v) is 1.97. The second-order valence-electron chi connectivity index (χ2n) is 4.29. The number of nitrogens with zero attached hydrogens (tertiary/aromatic N) is 1. The van der Waals surface area contributed by atoms with Crippen molar-refractivity contribution >= 4 is 5.97 Å². The molecule has 0 heterocycles. The first kappa shape index (κ1) is 10.7. The SMILES string of the molecule is N#Cc1ccc(CCC2CC2C(=O)O)cc1. The number of nitriles is 1. The molecule has 0 saturated heterocycles. The molecule has 2 rings (SSSR count). The number of carboxylic acids is 1. The molecule has 1 aliphatic carbocycles. The Morgan fingerprint density at radius 1 is 1.44 bits per heavy atom. The predicted octanol–water partition coefficient (Wildman–Crippen LogP) is 2.21. The van der Waals surface area contributed by atoms with Crippen molar-refractivity contribution in [3.8, 4) is 6.07 Å². The molecule has 0 bridgehead atoms. The topological polar surface area (TPSA) is 61.1 Å². The largest absolute Gasteiger partial charge is 0.481 e. The lowest BCUT2D eigenvalue weighted by Gasteiger charge is -2.00. The number of hydrogen-bond acceptors (Lipinski definition) is 2. The van der Waals surface area contributed by atoms with Crippen LogP contribution in [-0.4, -0.2) is 11.1 Å². The zero-order chi connectivity index (χ0) is 11.5. The Kier molecular flexibility index (Phi) is 2.91. The average molecular weight is 215 g/mol. The van der Waals surface area contributed by atoms with E-state index in [0.29, 0.717) is 11.5 Å². The van der Waals surface area contributed by atoms with Gasteiger partial charge < -0.3 is 5.11 Å². The third-order valence-corrected chi connectivity index (χ3v) is 3.13. The number of aryl methyl sites for hydroxylation is 1. The highest BCUT2D eigenvalue weighted by Gasteiger charge is 2.42. The van der Waals surface area contributed by atoms with E-state index in [4.69, 9.17) is 10.4 Å². The van der Waals surface area contributed by atoms with Crippen molar-refractivity contribution in [2.24, 2.45) is 11.8 Å². The van der Waals surface area contributed by atoms with Crippen molar-refractivity contribution in [1.82, 2.24) is 0 Å². The molecule has 0 amide bonds. The van der Waals surface area contributed by atoms with Crippen LogP contribution in [0.25, 0.3) is 0 Å². The number of aliphatic carboxylic acids is 1. The van der Waals surface area contributed by atoms with Gasteiger partial charge in [0, 0.05) is 0 Å². The van der Waals surface area contributed by atoms with Crippen LogP contribution in [0.4, 0.5) is 0 Å². The van der Waals surface area contributed by atoms with E-state index in [2.05, 4.69) is 6.07 Å². The van der Waals surface area contributed by atoms with Gasteiger partial charge in [-0.3, -0.25) is 4.79 Å². The normalized spacial score (nSPS) is 22.4. The molecule has 0 radical (unpaired) electrons. The molecule has 1 aromatic rings. The molecule has 1 aliphatic rings. The van der Waals surface area contributed by atoms with Crippen molar-refractivity contribution in [2.45, 2.75) is 19.3 Å². The van der Waals surface area contributed by atoms with E-state index in [1.165, 1.54) is 5.56 Å². The lowest BCUT2D eigenvalue weighted by molar-refractivity contribution is -0.138. The van der Waals surface area contributed by atoms with Gasteiger partial charge in [0.15, 0.2) is 0 Å². The second kappa shape index (κ2) is 4.36. The summed E-state index contributed by atoms with van der Waals surface area (Å²) in [6, 6.07) is 9.56. The summed E-state index contributed by atoms with van der Waals surface area (Å²) in [7, 11) is 0. The van der Waals surface area contributed by atoms with Gasteiger partial charge in [-0.25, -0.2) is 0 Å². The van der Waals surface area contributed by atoms with Gasteiger partial charge in [0.05, 0.1) is 17.6 Å². The summed E-state index contributed by atoms with van der Waals surface area (Å²) in [6.45, 7) is 0. The van der Waals surface area contributed by atoms with Crippen LogP contribution >= 0.6 is 0 Å². The Morgan fingerprint density at radius 2 is 2.12 bits per heavy atom. The van der Waals surface area contributed by atoms with Crippen molar-refractivity contribution < 1.29 is 9.90 Å². The van der Waals surface area contributed by atoms with Gasteiger partial charge in [0.1, 0.15) is 0 Å². The van der Waals surface area contributed by atoms with Crippen molar-refractivity contribution in [3.63, 3.8) is 0 Å².